The van der Waals surface area contributed by atoms with Crippen LogP contribution < -0.4 is 5.32 Å². The van der Waals surface area contributed by atoms with Gasteiger partial charge in [0.05, 0.1) is 6.04 Å². The Morgan fingerprint density at radius 1 is 1.18 bits per heavy atom. The number of anilines is 1. The molecule has 1 unspecified atom stereocenters. The average Bonchev–Trinajstić information content (AvgIpc) is 2.65. The zero-order valence-electron chi connectivity index (χ0n) is 17.3. The van der Waals surface area contributed by atoms with Gasteiger partial charge in [-0.2, -0.15) is 0 Å². The fourth-order valence-electron chi connectivity index (χ4n) is 4.72. The second-order valence-corrected chi connectivity index (χ2v) is 8.41. The lowest BCUT2D eigenvalue weighted by Gasteiger charge is -2.52. The van der Waals surface area contributed by atoms with Crippen LogP contribution in [0.1, 0.15) is 31.2 Å². The lowest BCUT2D eigenvalue weighted by molar-refractivity contribution is -0.144. The summed E-state index contributed by atoms with van der Waals surface area (Å²) in [5.41, 5.74) is 0.859. The molecular formula is C21H31FN4O2. The van der Waals surface area contributed by atoms with Gasteiger partial charge < -0.3 is 15.1 Å². The monoisotopic (exact) mass is 390 g/mol. The molecule has 1 N–H and O–H groups in total. The van der Waals surface area contributed by atoms with Crippen molar-refractivity contribution >= 4 is 17.6 Å². The molecular weight excluding hydrogens is 359 g/mol. The van der Waals surface area contributed by atoms with Gasteiger partial charge in [0.2, 0.25) is 5.91 Å². The number of likely N-dealkylation sites (tertiary alicyclic amines) is 2. The summed E-state index contributed by atoms with van der Waals surface area (Å²) < 4.78 is 13.7. The van der Waals surface area contributed by atoms with E-state index in [0.717, 1.165) is 32.2 Å². The predicted molar refractivity (Wildman–Crippen MR) is 108 cm³/mol. The Hall–Kier alpha value is -2.15. The van der Waals surface area contributed by atoms with E-state index in [1.54, 1.807) is 28.9 Å². The summed E-state index contributed by atoms with van der Waals surface area (Å²) in [6.45, 7) is 3.79. The summed E-state index contributed by atoms with van der Waals surface area (Å²) in [6.07, 6.45) is 3.69. The van der Waals surface area contributed by atoms with E-state index in [2.05, 4.69) is 10.2 Å². The zero-order chi connectivity index (χ0) is 20.5. The number of hydrogen-bond donors (Lipinski definition) is 1. The minimum absolute atomic E-state index is 0.0834. The van der Waals surface area contributed by atoms with Crippen LogP contribution >= 0.6 is 0 Å². The number of urea groups is 1. The van der Waals surface area contributed by atoms with E-state index < -0.39 is 0 Å². The van der Waals surface area contributed by atoms with Gasteiger partial charge >= 0.3 is 6.03 Å². The Balaban J connectivity index is 1.69. The molecule has 154 valence electrons. The zero-order valence-corrected chi connectivity index (χ0v) is 17.3. The van der Waals surface area contributed by atoms with Crippen molar-refractivity contribution in [3.63, 3.8) is 0 Å². The summed E-state index contributed by atoms with van der Waals surface area (Å²) in [5.74, 6) is -0.179. The first-order valence-corrected chi connectivity index (χ1v) is 9.97. The van der Waals surface area contributed by atoms with Crippen molar-refractivity contribution in [2.45, 2.75) is 38.6 Å². The number of benzene rings is 1. The summed E-state index contributed by atoms with van der Waals surface area (Å²) in [6, 6.07) is 4.36. The van der Waals surface area contributed by atoms with Crippen LogP contribution in [0.25, 0.3) is 0 Å². The van der Waals surface area contributed by atoms with Crippen molar-refractivity contribution in [3.8, 4) is 0 Å². The van der Waals surface area contributed by atoms with E-state index in [1.165, 1.54) is 6.07 Å². The van der Waals surface area contributed by atoms with E-state index in [4.69, 9.17) is 0 Å². The van der Waals surface area contributed by atoms with E-state index in [9.17, 15) is 14.0 Å². The molecule has 0 aromatic heterocycles. The van der Waals surface area contributed by atoms with Crippen LogP contribution in [-0.4, -0.2) is 73.5 Å². The van der Waals surface area contributed by atoms with Gasteiger partial charge in [0.25, 0.3) is 0 Å². The topological polar surface area (TPSA) is 55.9 Å². The third-order valence-corrected chi connectivity index (χ3v) is 6.44. The standard InChI is InChI=1S/C21H31FN4O2/c1-15-16(22)7-5-8-17(15)23-20(28)26-13-10-21(11-14-26)9-6-12-25(4)18(21)19(27)24(2)3/h5,7-8,18H,6,9-14H2,1-4H3,(H,23,28). The second-order valence-electron chi connectivity index (χ2n) is 8.41. The Morgan fingerprint density at radius 3 is 2.50 bits per heavy atom. The Labute approximate surface area is 166 Å². The molecule has 2 fully saturated rings. The molecule has 0 bridgehead atoms. The van der Waals surface area contributed by atoms with E-state index >= 15 is 0 Å². The molecule has 3 rings (SSSR count). The van der Waals surface area contributed by atoms with Gasteiger partial charge in [-0.05, 0) is 63.7 Å². The highest BCUT2D eigenvalue weighted by Crippen LogP contribution is 2.44. The van der Waals surface area contributed by atoms with Crippen LogP contribution in [0.15, 0.2) is 18.2 Å². The van der Waals surface area contributed by atoms with Crippen LogP contribution in [0.3, 0.4) is 0 Å². The van der Waals surface area contributed by atoms with Crippen LogP contribution in [0.2, 0.25) is 0 Å². The van der Waals surface area contributed by atoms with Gasteiger partial charge in [0.1, 0.15) is 5.82 Å². The smallest absolute Gasteiger partial charge is 0.321 e. The molecule has 2 aliphatic heterocycles. The normalized spacial score (nSPS) is 22.2. The fourth-order valence-corrected chi connectivity index (χ4v) is 4.72. The highest BCUT2D eigenvalue weighted by molar-refractivity contribution is 5.90. The highest BCUT2D eigenvalue weighted by atomic mass is 19.1. The molecule has 2 heterocycles. The third kappa shape index (κ3) is 3.85. The quantitative estimate of drug-likeness (QED) is 0.845. The molecule has 0 saturated carbocycles. The Morgan fingerprint density at radius 2 is 1.86 bits per heavy atom. The number of amides is 3. The maximum Gasteiger partial charge on any atom is 0.321 e. The first-order valence-electron chi connectivity index (χ1n) is 9.97. The fraction of sp³-hybridized carbons (Fsp3) is 0.619. The minimum atomic E-state index is -0.328. The maximum absolute atomic E-state index is 13.7. The first-order chi connectivity index (χ1) is 13.2. The number of likely N-dealkylation sites (N-methyl/N-ethyl adjacent to an activating group) is 2. The summed E-state index contributed by atoms with van der Waals surface area (Å²) >= 11 is 0. The number of nitrogens with one attached hydrogen (secondary N) is 1. The average molecular weight is 391 g/mol. The van der Waals surface area contributed by atoms with Crippen molar-refractivity contribution in [2.24, 2.45) is 5.41 Å². The van der Waals surface area contributed by atoms with Crippen molar-refractivity contribution in [1.82, 2.24) is 14.7 Å². The number of hydrogen-bond acceptors (Lipinski definition) is 3. The molecule has 7 heteroatoms. The van der Waals surface area contributed by atoms with Crippen molar-refractivity contribution in [3.05, 3.63) is 29.6 Å². The molecule has 2 saturated heterocycles. The molecule has 1 aromatic rings. The predicted octanol–water partition coefficient (Wildman–Crippen LogP) is 2.93. The van der Waals surface area contributed by atoms with Crippen molar-refractivity contribution < 1.29 is 14.0 Å². The SMILES string of the molecule is Cc1c(F)cccc1NC(=O)N1CCC2(CCCN(C)C2C(=O)N(C)C)CC1. The lowest BCUT2D eigenvalue weighted by atomic mass is 9.66. The minimum Gasteiger partial charge on any atom is -0.347 e. The molecule has 28 heavy (non-hydrogen) atoms. The van der Waals surface area contributed by atoms with Gasteiger partial charge in [-0.15, -0.1) is 0 Å². The van der Waals surface area contributed by atoms with Gasteiger partial charge in [0, 0.05) is 38.4 Å². The van der Waals surface area contributed by atoms with Gasteiger partial charge in [0.15, 0.2) is 0 Å². The third-order valence-electron chi connectivity index (χ3n) is 6.44. The van der Waals surface area contributed by atoms with Gasteiger partial charge in [-0.3, -0.25) is 9.69 Å². The summed E-state index contributed by atoms with van der Waals surface area (Å²) in [4.78, 5) is 31.2. The number of carbonyl (C=O) groups excluding carboxylic acids is 2. The number of halogens is 1. The molecule has 2 aliphatic rings. The van der Waals surface area contributed by atoms with Crippen LogP contribution in [-0.2, 0) is 4.79 Å². The highest BCUT2D eigenvalue weighted by Gasteiger charge is 2.49. The second kappa shape index (κ2) is 8.07. The molecule has 0 radical (unpaired) electrons. The van der Waals surface area contributed by atoms with E-state index in [1.807, 2.05) is 21.1 Å². The number of rotatable bonds is 2. The van der Waals surface area contributed by atoms with Crippen molar-refractivity contribution in [1.29, 1.82) is 0 Å². The van der Waals surface area contributed by atoms with E-state index in [-0.39, 0.29) is 29.2 Å². The number of nitrogens with zero attached hydrogens (tertiary/aromatic N) is 3. The van der Waals surface area contributed by atoms with E-state index in [0.29, 0.717) is 24.3 Å². The van der Waals surface area contributed by atoms with Crippen LogP contribution in [0.5, 0.6) is 0 Å². The lowest BCUT2D eigenvalue weighted by Crippen LogP contribution is -2.61. The van der Waals surface area contributed by atoms with Gasteiger partial charge in [-0.25, -0.2) is 9.18 Å². The Kier molecular flexibility index (Phi) is 5.93. The van der Waals surface area contributed by atoms with Gasteiger partial charge in [-0.1, -0.05) is 6.07 Å². The van der Waals surface area contributed by atoms with Crippen LogP contribution in [0, 0.1) is 18.2 Å². The first kappa shape index (κ1) is 20.6. The largest absolute Gasteiger partial charge is 0.347 e. The molecule has 1 aromatic carbocycles. The molecule has 1 atom stereocenters. The molecule has 0 aliphatic carbocycles. The maximum atomic E-state index is 13.7. The Bertz CT molecular complexity index is 744. The summed E-state index contributed by atoms with van der Waals surface area (Å²) in [5, 5.41) is 2.83. The molecule has 3 amide bonds. The van der Waals surface area contributed by atoms with Crippen LogP contribution in [0.4, 0.5) is 14.9 Å². The summed E-state index contributed by atoms with van der Waals surface area (Å²) in [7, 11) is 5.64. The molecule has 6 nitrogen and oxygen atoms in total. The number of piperidine rings is 2. The molecule has 1 spiro atoms. The van der Waals surface area contributed by atoms with Crippen molar-refractivity contribution in [2.75, 3.05) is 46.1 Å². The number of carbonyl (C=O) groups is 2.